The Hall–Kier alpha value is -2.88. The summed E-state index contributed by atoms with van der Waals surface area (Å²) in [6, 6.07) is 6.58. The van der Waals surface area contributed by atoms with Crippen LogP contribution in [0, 0.1) is 27.6 Å². The fourth-order valence-corrected chi connectivity index (χ4v) is 3.70. The van der Waals surface area contributed by atoms with E-state index in [9.17, 15) is 0 Å². The third kappa shape index (κ3) is 2.37. The summed E-state index contributed by atoms with van der Waals surface area (Å²) in [5.41, 5.74) is 4.74. The number of imidazole rings is 2. The summed E-state index contributed by atoms with van der Waals surface area (Å²) in [5, 5.41) is 0. The first kappa shape index (κ1) is 11.0. The largest absolute Gasteiger partial charge is 0.308 e. The molecular weight excluding hydrogens is 320 g/mol. The maximum absolute atomic E-state index is 8.17. The van der Waals surface area contributed by atoms with Crippen molar-refractivity contribution in [1.29, 1.82) is 0 Å². The van der Waals surface area contributed by atoms with Crippen LogP contribution >= 0.6 is 0 Å². The Morgan fingerprint density at radius 2 is 1.88 bits per heavy atom. The number of fused-ring (bicyclic) bond motifs is 1. The van der Waals surface area contributed by atoms with Crippen LogP contribution in [0.2, 0.25) is 0 Å². The Balaban J connectivity index is 2.10. The summed E-state index contributed by atoms with van der Waals surface area (Å²) in [4.78, 5) is 4.38. The van der Waals surface area contributed by atoms with Gasteiger partial charge in [-0.2, -0.15) is 4.57 Å². The first-order valence-electron chi connectivity index (χ1n) is 11.4. The van der Waals surface area contributed by atoms with Crippen LogP contribution in [0.15, 0.2) is 42.9 Å². The summed E-state index contributed by atoms with van der Waals surface area (Å²) in [7, 11) is 3.74. The minimum Gasteiger partial charge on any atom is -0.308 e. The number of hydrogen-bond acceptors (Lipinski definition) is 1. The molecule has 0 aliphatic heterocycles. The fourth-order valence-electron chi connectivity index (χ4n) is 3.70. The first-order chi connectivity index (χ1) is 14.8. The van der Waals surface area contributed by atoms with Gasteiger partial charge in [0, 0.05) is 50.6 Å². The topological polar surface area (TPSA) is 26.1 Å². The lowest BCUT2D eigenvalue weighted by molar-refractivity contribution is -0.650. The summed E-state index contributed by atoms with van der Waals surface area (Å²) < 4.78 is 53.7. The minimum atomic E-state index is -2.37. The van der Waals surface area contributed by atoms with E-state index in [4.69, 9.17) is 8.22 Å². The summed E-state index contributed by atoms with van der Waals surface area (Å²) in [5.74, 6) is 0.765. The van der Waals surface area contributed by atoms with Gasteiger partial charge in [-0.15, -0.1) is 0 Å². The molecule has 0 saturated heterocycles. The second-order valence-electron chi connectivity index (χ2n) is 6.73. The van der Waals surface area contributed by atoms with Gasteiger partial charge in [-0.05, 0) is 45.2 Å². The van der Waals surface area contributed by atoms with Crippen LogP contribution in [0.5, 0.6) is 0 Å². The highest BCUT2D eigenvalue weighted by Crippen LogP contribution is 2.30. The Morgan fingerprint density at radius 3 is 2.62 bits per heavy atom. The molecule has 0 spiro atoms. The molecule has 4 rings (SSSR count). The summed E-state index contributed by atoms with van der Waals surface area (Å²) in [6.07, 6.45) is 5.53. The Labute approximate surface area is 162 Å². The van der Waals surface area contributed by atoms with Crippen molar-refractivity contribution in [3.05, 3.63) is 65.1 Å². The molecule has 26 heavy (non-hydrogen) atoms. The van der Waals surface area contributed by atoms with E-state index in [1.165, 1.54) is 0 Å². The van der Waals surface area contributed by atoms with E-state index in [2.05, 4.69) is 4.98 Å². The van der Waals surface area contributed by atoms with Crippen LogP contribution in [-0.4, -0.2) is 14.0 Å². The molecule has 0 amide bonds. The van der Waals surface area contributed by atoms with E-state index in [-0.39, 0.29) is 11.1 Å². The smallest absolute Gasteiger partial charge is 0.233 e. The molecule has 0 radical (unpaired) electrons. The van der Waals surface area contributed by atoms with Gasteiger partial charge in [-0.1, -0.05) is 17.7 Å². The van der Waals surface area contributed by atoms with E-state index < -0.39 is 13.7 Å². The van der Waals surface area contributed by atoms with Crippen LogP contribution in [0.3, 0.4) is 0 Å². The Morgan fingerprint density at radius 1 is 1.04 bits per heavy atom. The van der Waals surface area contributed by atoms with Gasteiger partial charge >= 0.3 is 0 Å². The van der Waals surface area contributed by atoms with Gasteiger partial charge in [0.05, 0.1) is 0 Å². The zero-order valence-electron chi connectivity index (χ0n) is 21.3. The number of pyridine rings is 1. The Kier molecular flexibility index (Phi) is 2.46. The molecule has 0 aliphatic carbocycles. The first-order valence-corrected chi connectivity index (χ1v) is 8.45. The average molecular weight is 352 g/mol. The van der Waals surface area contributed by atoms with Gasteiger partial charge in [0.2, 0.25) is 17.2 Å². The maximum Gasteiger partial charge on any atom is 0.233 e. The lowest BCUT2D eigenvalue weighted by atomic mass is 9.97. The van der Waals surface area contributed by atoms with Crippen molar-refractivity contribution in [2.24, 2.45) is 14.1 Å². The molecule has 3 aromatic heterocycles. The van der Waals surface area contributed by atoms with E-state index in [0.717, 1.165) is 28.3 Å². The van der Waals surface area contributed by atoms with Gasteiger partial charge in [-0.25, -0.2) is 4.98 Å². The number of hydrogen-bond donors (Lipinski definition) is 0. The van der Waals surface area contributed by atoms with Crippen molar-refractivity contribution in [3.63, 3.8) is 0 Å². The second kappa shape index (κ2) is 5.84. The molecule has 0 N–H and O–H groups in total. The number of benzene rings is 1. The van der Waals surface area contributed by atoms with Crippen molar-refractivity contribution in [1.82, 2.24) is 14.0 Å². The predicted molar refractivity (Wildman–Crippen MR) is 105 cm³/mol. The van der Waals surface area contributed by atoms with Gasteiger partial charge in [-0.3, -0.25) is 4.40 Å². The van der Waals surface area contributed by atoms with Crippen LogP contribution in [0.25, 0.3) is 28.4 Å². The van der Waals surface area contributed by atoms with E-state index >= 15 is 0 Å². The highest BCUT2D eigenvalue weighted by atomic mass is 15.2. The highest BCUT2D eigenvalue weighted by Gasteiger charge is 2.26. The molecule has 0 bridgehead atoms. The number of rotatable bonds is 2. The quantitative estimate of drug-likeness (QED) is 0.500. The lowest BCUT2D eigenvalue weighted by Crippen LogP contribution is -2.36. The van der Waals surface area contributed by atoms with Crippen LogP contribution < -0.4 is 4.57 Å². The van der Waals surface area contributed by atoms with Crippen LogP contribution in [0.1, 0.15) is 30.5 Å². The molecule has 0 aliphatic rings. The average Bonchev–Trinajstić information content (AvgIpc) is 3.24. The second-order valence-corrected chi connectivity index (χ2v) is 6.73. The van der Waals surface area contributed by atoms with Crippen molar-refractivity contribution < 1.29 is 12.8 Å². The molecule has 1 aromatic carbocycles. The van der Waals surface area contributed by atoms with Crippen molar-refractivity contribution in [3.8, 4) is 22.6 Å². The zero-order valence-corrected chi connectivity index (χ0v) is 15.3. The summed E-state index contributed by atoms with van der Waals surface area (Å²) in [6.45, 7) is -0.923. The Bertz CT molecular complexity index is 1340. The van der Waals surface area contributed by atoms with Crippen molar-refractivity contribution in [2.75, 3.05) is 0 Å². The SMILES string of the molecule is [2H]C([2H])([2H])c1ccc(C)c(-c2c(C([2H])([2H])[2H])cc(C)c(-c3cn4ccnc4n3C)[n+]2C)c1. The van der Waals surface area contributed by atoms with Crippen LogP contribution in [-0.2, 0) is 14.1 Å². The summed E-state index contributed by atoms with van der Waals surface area (Å²) >= 11 is 0. The molecule has 4 heteroatoms. The predicted octanol–water partition coefficient (Wildman–Crippen LogP) is 4.06. The van der Waals surface area contributed by atoms with Gasteiger partial charge in [0.1, 0.15) is 12.7 Å². The van der Waals surface area contributed by atoms with Gasteiger partial charge in [0.15, 0.2) is 0 Å². The van der Waals surface area contributed by atoms with Crippen molar-refractivity contribution >= 4 is 5.78 Å². The molecule has 4 aromatic rings. The van der Waals surface area contributed by atoms with E-state index in [0.29, 0.717) is 11.3 Å². The number of aromatic nitrogens is 4. The zero-order chi connectivity index (χ0) is 23.6. The molecule has 0 saturated carbocycles. The molecule has 3 heterocycles. The van der Waals surface area contributed by atoms with Crippen LogP contribution in [0.4, 0.5) is 0 Å². The standard InChI is InChI=1S/C22H25N4/c1-14-7-8-15(2)18(11-14)20-16(3)12-17(4)21(25(20)6)19-13-26-10-9-23-22(26)24(19)5/h7-13H,1-6H3/q+1/i1D3,3D3. The molecule has 0 atom stereocenters. The van der Waals surface area contributed by atoms with Gasteiger partial charge in [0.25, 0.3) is 0 Å². The van der Waals surface area contributed by atoms with E-state index in [1.807, 2.05) is 53.9 Å². The lowest BCUT2D eigenvalue weighted by Gasteiger charge is -2.13. The normalized spacial score (nSPS) is 15.8. The van der Waals surface area contributed by atoms with Gasteiger partial charge < -0.3 is 4.57 Å². The molecule has 132 valence electrons. The third-order valence-electron chi connectivity index (χ3n) is 4.97. The third-order valence-corrected chi connectivity index (χ3v) is 4.97. The monoisotopic (exact) mass is 351 g/mol. The molecular formula is C22H25N4+. The fraction of sp³-hybridized carbons (Fsp3) is 0.273. The molecule has 4 nitrogen and oxygen atoms in total. The minimum absolute atomic E-state index is 0.175. The van der Waals surface area contributed by atoms with Crippen molar-refractivity contribution in [2.45, 2.75) is 27.6 Å². The molecule has 0 unspecified atom stereocenters. The highest BCUT2D eigenvalue weighted by molar-refractivity contribution is 5.68. The molecule has 0 fully saturated rings. The number of nitrogens with zero attached hydrogens (tertiary/aromatic N) is 4. The number of aryl methyl sites for hydroxylation is 5. The maximum atomic E-state index is 8.17. The van der Waals surface area contributed by atoms with E-state index in [1.54, 1.807) is 30.5 Å².